The van der Waals surface area contributed by atoms with Gasteiger partial charge in [-0.2, -0.15) is 35.1 Å². The van der Waals surface area contributed by atoms with E-state index in [-0.39, 0.29) is 6.61 Å². The van der Waals surface area contributed by atoms with Crippen molar-refractivity contribution in [1.29, 1.82) is 0 Å². The summed E-state index contributed by atoms with van der Waals surface area (Å²) < 4.78 is 117. The molecular formula is C9H8BrF9O2. The van der Waals surface area contributed by atoms with Gasteiger partial charge in [0.15, 0.2) is 0 Å². The lowest BCUT2D eigenvalue weighted by atomic mass is 9.90. The van der Waals surface area contributed by atoms with Gasteiger partial charge in [-0.1, -0.05) is 15.9 Å². The minimum atomic E-state index is -6.79. The maximum atomic E-state index is 13.6. The molecule has 2 atom stereocenters. The predicted molar refractivity (Wildman–Crippen MR) is 54.9 cm³/mol. The number of carbonyl (C=O) groups excluding carboxylic acids is 1. The number of carbonyl (C=O) groups is 1. The van der Waals surface area contributed by atoms with Gasteiger partial charge in [0.1, 0.15) is 4.83 Å². The van der Waals surface area contributed by atoms with E-state index in [9.17, 15) is 44.3 Å². The van der Waals surface area contributed by atoms with Crippen LogP contribution in [0.1, 0.15) is 13.3 Å². The molecule has 2 unspecified atom stereocenters. The maximum Gasteiger partial charge on any atom is 0.457 e. The van der Waals surface area contributed by atoms with Crippen molar-refractivity contribution in [2.24, 2.45) is 0 Å². The Kier molecular flexibility index (Phi) is 6.01. The Balaban J connectivity index is 5.66. The first-order chi connectivity index (χ1) is 9.12. The topological polar surface area (TPSA) is 26.3 Å². The minimum Gasteiger partial charge on any atom is -0.465 e. The van der Waals surface area contributed by atoms with Gasteiger partial charge in [-0.15, -0.1) is 0 Å². The molecule has 126 valence electrons. The zero-order valence-electron chi connectivity index (χ0n) is 10.1. The van der Waals surface area contributed by atoms with Crippen molar-refractivity contribution in [2.45, 2.75) is 42.1 Å². The molecule has 0 aromatic carbocycles. The van der Waals surface area contributed by atoms with Crippen LogP contribution in [0.5, 0.6) is 0 Å². The summed E-state index contributed by atoms with van der Waals surface area (Å²) in [6.45, 7) is 0.816. The Morgan fingerprint density at radius 1 is 1.00 bits per heavy atom. The Bertz CT molecular complexity index is 378. The number of esters is 1. The third-order valence-corrected chi connectivity index (χ3v) is 3.00. The van der Waals surface area contributed by atoms with Crippen LogP contribution in [-0.4, -0.2) is 41.3 Å². The lowest BCUT2D eigenvalue weighted by Crippen LogP contribution is -2.63. The highest BCUT2D eigenvalue weighted by molar-refractivity contribution is 9.10. The molecule has 2 nitrogen and oxygen atoms in total. The lowest BCUT2D eigenvalue weighted by molar-refractivity contribution is -0.384. The minimum absolute atomic E-state index is 0.387. The van der Waals surface area contributed by atoms with Gasteiger partial charge >= 0.3 is 24.2 Å². The lowest BCUT2D eigenvalue weighted by Gasteiger charge is -2.36. The van der Waals surface area contributed by atoms with Crippen LogP contribution < -0.4 is 0 Å². The Hall–Kier alpha value is -0.680. The molecule has 0 radical (unpaired) electrons. The highest BCUT2D eigenvalue weighted by Gasteiger charge is 2.81. The summed E-state index contributed by atoms with van der Waals surface area (Å²) in [7, 11) is 0. The van der Waals surface area contributed by atoms with E-state index in [4.69, 9.17) is 0 Å². The van der Waals surface area contributed by atoms with E-state index >= 15 is 0 Å². The highest BCUT2D eigenvalue weighted by atomic mass is 79.9. The van der Waals surface area contributed by atoms with Gasteiger partial charge in [0.05, 0.1) is 6.61 Å². The van der Waals surface area contributed by atoms with Crippen molar-refractivity contribution in [3.05, 3.63) is 0 Å². The van der Waals surface area contributed by atoms with Crippen LogP contribution in [0.25, 0.3) is 0 Å². The fourth-order valence-corrected chi connectivity index (χ4v) is 1.79. The van der Waals surface area contributed by atoms with E-state index in [1.807, 2.05) is 0 Å². The van der Waals surface area contributed by atoms with Gasteiger partial charge in [-0.25, -0.2) is 4.39 Å². The summed E-state index contributed by atoms with van der Waals surface area (Å²) in [6, 6.07) is 0. The van der Waals surface area contributed by atoms with Gasteiger partial charge in [0.2, 0.25) is 0 Å². The average Bonchev–Trinajstić information content (AvgIpc) is 2.25. The summed E-state index contributed by atoms with van der Waals surface area (Å²) in [6.07, 6.45) is -15.9. The average molecular weight is 399 g/mol. The van der Waals surface area contributed by atoms with Crippen molar-refractivity contribution in [1.82, 2.24) is 0 Å². The molecule has 0 fully saturated rings. The van der Waals surface area contributed by atoms with Crippen molar-refractivity contribution in [2.75, 3.05) is 6.61 Å². The van der Waals surface area contributed by atoms with Crippen LogP contribution in [0.3, 0.4) is 0 Å². The number of hydrogen-bond acceptors (Lipinski definition) is 2. The van der Waals surface area contributed by atoms with E-state index in [0.717, 1.165) is 0 Å². The second kappa shape index (κ2) is 6.21. The molecule has 0 saturated heterocycles. The first-order valence-corrected chi connectivity index (χ1v) is 6.04. The number of halogens is 10. The fraction of sp³-hybridized carbons (Fsp3) is 0.889. The fourth-order valence-electron chi connectivity index (χ4n) is 1.21. The van der Waals surface area contributed by atoms with Crippen molar-refractivity contribution in [3.8, 4) is 0 Å². The van der Waals surface area contributed by atoms with Gasteiger partial charge < -0.3 is 4.74 Å². The second-order valence-electron chi connectivity index (χ2n) is 3.79. The number of ether oxygens (including phenoxy) is 1. The highest BCUT2D eigenvalue weighted by Crippen LogP contribution is 2.55. The summed E-state index contributed by atoms with van der Waals surface area (Å²) in [5.41, 5.74) is -5.99. The molecular weight excluding hydrogens is 391 g/mol. The van der Waals surface area contributed by atoms with Crippen molar-refractivity contribution < 1.29 is 49.0 Å². The Labute approximate surface area is 120 Å². The van der Waals surface area contributed by atoms with Crippen molar-refractivity contribution in [3.63, 3.8) is 0 Å². The van der Waals surface area contributed by atoms with E-state index in [0.29, 0.717) is 0 Å². The van der Waals surface area contributed by atoms with Crippen LogP contribution in [0.2, 0.25) is 0 Å². The molecule has 0 aliphatic rings. The number of alkyl halides is 10. The molecule has 0 aromatic heterocycles. The van der Waals surface area contributed by atoms with Gasteiger partial charge in [-0.05, 0) is 6.92 Å². The normalized spacial score (nSPS) is 18.0. The Morgan fingerprint density at radius 3 is 1.71 bits per heavy atom. The second-order valence-corrected chi connectivity index (χ2v) is 4.90. The van der Waals surface area contributed by atoms with Crippen LogP contribution >= 0.6 is 15.9 Å². The molecule has 0 amide bonds. The van der Waals surface area contributed by atoms with Crippen LogP contribution in [0, 0.1) is 0 Å². The van der Waals surface area contributed by atoms with E-state index in [2.05, 4.69) is 20.7 Å². The number of hydrogen-bond donors (Lipinski definition) is 0. The van der Waals surface area contributed by atoms with E-state index < -0.39 is 41.2 Å². The third kappa shape index (κ3) is 3.95. The molecule has 0 saturated carbocycles. The maximum absolute atomic E-state index is 13.6. The monoisotopic (exact) mass is 398 g/mol. The van der Waals surface area contributed by atoms with Crippen LogP contribution in [0.4, 0.5) is 39.5 Å². The summed E-state index contributed by atoms with van der Waals surface area (Å²) in [4.78, 5) is 8.66. The third-order valence-electron chi connectivity index (χ3n) is 2.31. The van der Waals surface area contributed by atoms with Crippen LogP contribution in [0.15, 0.2) is 0 Å². The summed E-state index contributed by atoms with van der Waals surface area (Å²) in [5.74, 6) is -8.33. The summed E-state index contributed by atoms with van der Waals surface area (Å²) >= 11 is 2.12. The van der Waals surface area contributed by atoms with Gasteiger partial charge in [0, 0.05) is 6.42 Å². The van der Waals surface area contributed by atoms with Gasteiger partial charge in [0.25, 0.3) is 5.67 Å². The summed E-state index contributed by atoms with van der Waals surface area (Å²) in [5, 5.41) is 0. The first-order valence-electron chi connectivity index (χ1n) is 5.12. The first kappa shape index (κ1) is 20.3. The molecule has 0 spiro atoms. The molecule has 0 aromatic rings. The van der Waals surface area contributed by atoms with E-state index in [1.165, 1.54) is 6.92 Å². The molecule has 0 N–H and O–H groups in total. The largest absolute Gasteiger partial charge is 0.465 e. The smallest absolute Gasteiger partial charge is 0.457 e. The Morgan fingerprint density at radius 2 is 1.43 bits per heavy atom. The molecule has 0 rings (SSSR count). The molecule has 0 heterocycles. The van der Waals surface area contributed by atoms with Crippen LogP contribution in [-0.2, 0) is 9.53 Å². The number of rotatable bonds is 5. The van der Waals surface area contributed by atoms with Gasteiger partial charge in [-0.3, -0.25) is 4.79 Å². The van der Waals surface area contributed by atoms with E-state index in [1.54, 1.807) is 0 Å². The SMILES string of the molecule is CCOC(=O)C(Br)CC(F)(C(F)(F)F)C(F)(F)C(F)(F)F. The zero-order valence-corrected chi connectivity index (χ0v) is 11.7. The quantitative estimate of drug-likeness (QED) is 0.394. The molecule has 21 heavy (non-hydrogen) atoms. The zero-order chi connectivity index (χ0) is 17.3. The molecule has 0 aliphatic heterocycles. The predicted octanol–water partition coefficient (Wildman–Crippen LogP) is 4.17. The molecule has 12 heteroatoms. The molecule has 0 bridgehead atoms. The van der Waals surface area contributed by atoms with Crippen molar-refractivity contribution >= 4 is 21.9 Å². The molecule has 0 aliphatic carbocycles. The standard InChI is InChI=1S/C9H8BrF9O2/c1-2-21-5(20)4(10)3-6(11,8(14,15)16)7(12,13)9(17,18)19/h4H,2-3H2,1H3.